The fraction of sp³-hybridized carbons (Fsp3) is 0.111. The molecule has 0 unspecified atom stereocenters. The van der Waals surface area contributed by atoms with E-state index in [1.54, 1.807) is 34.9 Å². The van der Waals surface area contributed by atoms with Crippen LogP contribution in [0.4, 0.5) is 0 Å². The van der Waals surface area contributed by atoms with Crippen molar-refractivity contribution in [3.05, 3.63) is 104 Å². The van der Waals surface area contributed by atoms with Crippen molar-refractivity contribution in [1.82, 2.24) is 4.57 Å². The summed E-state index contributed by atoms with van der Waals surface area (Å²) in [7, 11) is 1.46. The van der Waals surface area contributed by atoms with E-state index < -0.39 is 17.5 Å². The average Bonchev–Trinajstić information content (AvgIpc) is 3.21. The Morgan fingerprint density at radius 1 is 1.05 bits per heavy atom. The number of aliphatic carboxylic acids is 2. The molecule has 0 fully saturated rings. The smallest absolute Gasteiger partial charge is 0.343 e. The van der Waals surface area contributed by atoms with Gasteiger partial charge in [0.05, 0.1) is 21.8 Å². The minimum absolute atomic E-state index is 0.140. The second-order valence-corrected chi connectivity index (χ2v) is 9.29. The Kier molecular flexibility index (Phi) is 8.25. The van der Waals surface area contributed by atoms with Gasteiger partial charge >= 0.3 is 16.8 Å². The highest BCUT2D eigenvalue weighted by atomic mass is 35.5. The molecule has 4 rings (SSSR count). The van der Waals surface area contributed by atoms with Crippen LogP contribution >= 0.6 is 22.9 Å². The molecular formula is C27H21ClN2O7S. The lowest BCUT2D eigenvalue weighted by Gasteiger charge is -2.10. The van der Waals surface area contributed by atoms with E-state index in [-0.39, 0.29) is 11.5 Å². The molecule has 0 bridgehead atoms. The molecule has 0 aliphatic heterocycles. The quantitative estimate of drug-likeness (QED) is 0.0955. The number of fused-ring (bicyclic) bond motifs is 1. The molecule has 1 aromatic heterocycles. The molecular weight excluding hydrogens is 532 g/mol. The van der Waals surface area contributed by atoms with Crippen LogP contribution in [-0.2, 0) is 21.0 Å². The van der Waals surface area contributed by atoms with Gasteiger partial charge in [0.25, 0.3) is 0 Å². The second kappa shape index (κ2) is 11.8. The van der Waals surface area contributed by atoms with Gasteiger partial charge in [0.2, 0.25) is 0 Å². The number of carboxylic acid groups (broad SMARTS) is 2. The van der Waals surface area contributed by atoms with Gasteiger partial charge in [-0.05, 0) is 42.0 Å². The Bertz CT molecular complexity index is 1600. The summed E-state index contributed by atoms with van der Waals surface area (Å²) >= 11 is 7.47. The van der Waals surface area contributed by atoms with Crippen molar-refractivity contribution in [2.24, 2.45) is 5.16 Å². The highest BCUT2D eigenvalue weighted by Gasteiger charge is 2.16. The zero-order valence-electron chi connectivity index (χ0n) is 20.0. The number of carbonyl (C=O) groups is 2. The molecule has 0 amide bonds. The number of hydrogen-bond acceptors (Lipinski definition) is 7. The van der Waals surface area contributed by atoms with Crippen molar-refractivity contribution in [2.45, 2.75) is 6.54 Å². The largest absolute Gasteiger partial charge is 0.492 e. The first kappa shape index (κ1) is 26.6. The molecule has 0 aliphatic carbocycles. The highest BCUT2D eigenvalue weighted by Crippen LogP contribution is 2.25. The maximum atomic E-state index is 12.7. The van der Waals surface area contributed by atoms with Gasteiger partial charge in [-0.1, -0.05) is 64.5 Å². The maximum absolute atomic E-state index is 12.7. The lowest BCUT2D eigenvalue weighted by molar-refractivity contribution is -0.140. The minimum atomic E-state index is -1.52. The van der Waals surface area contributed by atoms with E-state index in [0.717, 1.165) is 33.2 Å². The van der Waals surface area contributed by atoms with Crippen molar-refractivity contribution in [3.8, 4) is 5.75 Å². The van der Waals surface area contributed by atoms with Gasteiger partial charge in [0, 0.05) is 11.1 Å². The van der Waals surface area contributed by atoms with Crippen LogP contribution in [0.1, 0.15) is 16.7 Å². The molecule has 1 heterocycles. The van der Waals surface area contributed by atoms with Gasteiger partial charge in [0.1, 0.15) is 30.8 Å². The molecule has 9 nitrogen and oxygen atoms in total. The van der Waals surface area contributed by atoms with Gasteiger partial charge in [-0.15, -0.1) is 0 Å². The van der Waals surface area contributed by atoms with Gasteiger partial charge in [-0.2, -0.15) is 0 Å². The third-order valence-electron chi connectivity index (χ3n) is 5.49. The summed E-state index contributed by atoms with van der Waals surface area (Å²) in [6.45, 7) is 0.500. The molecule has 0 spiro atoms. The normalized spacial score (nSPS) is 11.3. The van der Waals surface area contributed by atoms with E-state index in [4.69, 9.17) is 31.4 Å². The highest BCUT2D eigenvalue weighted by molar-refractivity contribution is 7.16. The lowest BCUT2D eigenvalue weighted by atomic mass is 10.0. The molecule has 0 radical (unpaired) electrons. The van der Waals surface area contributed by atoms with Crippen LogP contribution in [0.25, 0.3) is 16.3 Å². The second-order valence-electron chi connectivity index (χ2n) is 7.89. The summed E-state index contributed by atoms with van der Waals surface area (Å²) in [5.74, 6) is -2.56. The van der Waals surface area contributed by atoms with Crippen molar-refractivity contribution in [3.63, 3.8) is 0 Å². The first-order chi connectivity index (χ1) is 18.3. The average molecular weight is 553 g/mol. The van der Waals surface area contributed by atoms with E-state index in [0.29, 0.717) is 34.2 Å². The monoisotopic (exact) mass is 552 g/mol. The molecule has 38 heavy (non-hydrogen) atoms. The molecule has 0 atom stereocenters. The van der Waals surface area contributed by atoms with Gasteiger partial charge < -0.3 is 19.8 Å². The van der Waals surface area contributed by atoms with Crippen LogP contribution in [0.3, 0.4) is 0 Å². The standard InChI is InChI=1S/C27H21ClN2O7S/c1-36-29-24(19-4-2-3-5-21(19)28)17-8-11-22-23(15-17)38-27(35)30(22)12-13-37-18-9-6-16(7-10-18)14-20(25(31)32)26(33)34/h2-11,14-15H,12-13H2,1H3,(H,31,32)(H,33,34). The van der Waals surface area contributed by atoms with Crippen LogP contribution in [0, 0.1) is 0 Å². The fourth-order valence-electron chi connectivity index (χ4n) is 3.72. The predicted molar refractivity (Wildman–Crippen MR) is 145 cm³/mol. The summed E-state index contributed by atoms with van der Waals surface area (Å²) in [6.07, 6.45) is 1.06. The first-order valence-electron chi connectivity index (χ1n) is 11.2. The van der Waals surface area contributed by atoms with E-state index in [1.165, 1.54) is 7.11 Å². The summed E-state index contributed by atoms with van der Waals surface area (Å²) < 4.78 is 8.14. The topological polar surface area (TPSA) is 127 Å². The molecule has 194 valence electrons. The van der Waals surface area contributed by atoms with Gasteiger partial charge in [-0.25, -0.2) is 9.59 Å². The third-order valence-corrected chi connectivity index (χ3v) is 6.76. The van der Waals surface area contributed by atoms with E-state index in [2.05, 4.69) is 5.16 Å². The molecule has 11 heteroatoms. The molecule has 0 aliphatic rings. The first-order valence-corrected chi connectivity index (χ1v) is 12.4. The van der Waals surface area contributed by atoms with E-state index in [1.807, 2.05) is 36.4 Å². The van der Waals surface area contributed by atoms with Crippen molar-refractivity contribution in [2.75, 3.05) is 13.7 Å². The SMILES string of the molecule is CON=C(c1ccc2c(c1)sc(=O)n2CCOc1ccc(C=C(C(=O)O)C(=O)O)cc1)c1ccccc1Cl. The van der Waals surface area contributed by atoms with Crippen LogP contribution < -0.4 is 9.61 Å². The van der Waals surface area contributed by atoms with Crippen molar-refractivity contribution >= 4 is 56.9 Å². The lowest BCUT2D eigenvalue weighted by Crippen LogP contribution is -2.17. The zero-order chi connectivity index (χ0) is 27.2. The van der Waals surface area contributed by atoms with Crippen molar-refractivity contribution < 1.29 is 29.4 Å². The molecule has 0 saturated carbocycles. The Morgan fingerprint density at radius 2 is 1.76 bits per heavy atom. The number of aromatic nitrogens is 1. The number of rotatable bonds is 10. The van der Waals surface area contributed by atoms with E-state index >= 15 is 0 Å². The number of benzene rings is 3. The Labute approximate surface area is 225 Å². The summed E-state index contributed by atoms with van der Waals surface area (Å²) in [4.78, 5) is 39.7. The zero-order valence-corrected chi connectivity index (χ0v) is 21.5. The number of carboxylic acids is 2. The number of thiazole rings is 1. The van der Waals surface area contributed by atoms with Crippen LogP contribution in [-0.4, -0.2) is 46.1 Å². The number of halogens is 1. The van der Waals surface area contributed by atoms with Crippen LogP contribution in [0.5, 0.6) is 5.75 Å². The number of oxime groups is 1. The van der Waals surface area contributed by atoms with E-state index in [9.17, 15) is 14.4 Å². The van der Waals surface area contributed by atoms with Crippen LogP contribution in [0.2, 0.25) is 5.02 Å². The predicted octanol–water partition coefficient (Wildman–Crippen LogP) is 4.75. The van der Waals surface area contributed by atoms with Crippen molar-refractivity contribution in [1.29, 1.82) is 0 Å². The molecule has 0 saturated heterocycles. The summed E-state index contributed by atoms with van der Waals surface area (Å²) in [5.41, 5.74) is 2.42. The molecule has 2 N–H and O–H groups in total. The molecule has 3 aromatic carbocycles. The molecule has 4 aromatic rings. The number of ether oxygens (including phenoxy) is 1. The maximum Gasteiger partial charge on any atom is 0.343 e. The Balaban J connectivity index is 1.49. The summed E-state index contributed by atoms with van der Waals surface area (Å²) in [6, 6.07) is 19.1. The van der Waals surface area contributed by atoms with Gasteiger partial charge in [0.15, 0.2) is 0 Å². The van der Waals surface area contributed by atoms with Gasteiger partial charge in [-0.3, -0.25) is 9.36 Å². The fourth-order valence-corrected chi connectivity index (χ4v) is 4.91. The number of nitrogens with zero attached hydrogens (tertiary/aromatic N) is 2. The minimum Gasteiger partial charge on any atom is -0.492 e. The Hall–Kier alpha value is -4.41. The Morgan fingerprint density at radius 3 is 2.42 bits per heavy atom. The third kappa shape index (κ3) is 5.93. The number of hydrogen-bond donors (Lipinski definition) is 2. The summed E-state index contributed by atoms with van der Waals surface area (Å²) in [5, 5.41) is 22.6. The van der Waals surface area contributed by atoms with Crippen LogP contribution in [0.15, 0.2) is 82.3 Å².